The van der Waals surface area contributed by atoms with Crippen LogP contribution in [0.5, 0.6) is 0 Å². The number of methoxy groups -OCH3 is 1. The number of nitrogens with zero attached hydrogens (tertiary/aromatic N) is 1. The number of hydrogen-bond donors (Lipinski definition) is 2. The molecule has 1 fully saturated rings. The lowest BCUT2D eigenvalue weighted by atomic mass is 10.3. The molecule has 1 heterocycles. The Labute approximate surface area is 128 Å². The van der Waals surface area contributed by atoms with E-state index in [9.17, 15) is 13.2 Å². The zero-order valence-corrected chi connectivity index (χ0v) is 12.9. The van der Waals surface area contributed by atoms with Crippen molar-refractivity contribution in [3.8, 4) is 0 Å². The van der Waals surface area contributed by atoms with E-state index in [1.54, 1.807) is 0 Å². The molecule has 1 saturated heterocycles. The number of alkyl carbamates (subject to hydrolysis) is 1. The van der Waals surface area contributed by atoms with Crippen LogP contribution in [0.1, 0.15) is 6.42 Å². The summed E-state index contributed by atoms with van der Waals surface area (Å²) in [5.74, 6) is 0. The molecule has 1 aromatic carbocycles. The van der Waals surface area contributed by atoms with Gasteiger partial charge in [0.05, 0.1) is 22.7 Å². The zero-order valence-electron chi connectivity index (χ0n) is 11.4. The second-order valence-electron chi connectivity index (χ2n) is 4.67. The lowest BCUT2D eigenvalue weighted by Crippen LogP contribution is -2.38. The van der Waals surface area contributed by atoms with Crippen molar-refractivity contribution < 1.29 is 17.9 Å². The van der Waals surface area contributed by atoms with Gasteiger partial charge in [-0.1, -0.05) is 11.6 Å². The summed E-state index contributed by atoms with van der Waals surface area (Å²) in [5.41, 5.74) is 5.85. The van der Waals surface area contributed by atoms with Crippen molar-refractivity contribution in [2.75, 3.05) is 25.9 Å². The van der Waals surface area contributed by atoms with Crippen molar-refractivity contribution in [2.45, 2.75) is 17.4 Å². The quantitative estimate of drug-likeness (QED) is 0.805. The van der Waals surface area contributed by atoms with Crippen molar-refractivity contribution in [1.82, 2.24) is 9.62 Å². The van der Waals surface area contributed by atoms with Gasteiger partial charge in [-0.2, -0.15) is 4.31 Å². The molecule has 0 bridgehead atoms. The lowest BCUT2D eigenvalue weighted by molar-refractivity contribution is 0.167. The smallest absolute Gasteiger partial charge is 0.407 e. The third-order valence-corrected chi connectivity index (χ3v) is 5.47. The highest BCUT2D eigenvalue weighted by atomic mass is 35.5. The highest BCUT2D eigenvalue weighted by molar-refractivity contribution is 7.89. The third-order valence-electron chi connectivity index (χ3n) is 3.26. The van der Waals surface area contributed by atoms with Gasteiger partial charge >= 0.3 is 6.09 Å². The van der Waals surface area contributed by atoms with E-state index < -0.39 is 16.1 Å². The number of halogens is 1. The molecule has 0 saturated carbocycles. The molecule has 0 radical (unpaired) electrons. The number of sulfonamides is 1. The number of benzene rings is 1. The van der Waals surface area contributed by atoms with Crippen LogP contribution in [-0.4, -0.2) is 45.1 Å². The van der Waals surface area contributed by atoms with E-state index in [2.05, 4.69) is 10.1 Å². The summed E-state index contributed by atoms with van der Waals surface area (Å²) in [6.07, 6.45) is -0.0489. The van der Waals surface area contributed by atoms with Gasteiger partial charge < -0.3 is 15.8 Å². The zero-order chi connectivity index (χ0) is 15.6. The summed E-state index contributed by atoms with van der Waals surface area (Å²) in [7, 11) is -2.39. The molecular weight excluding hydrogens is 318 g/mol. The summed E-state index contributed by atoms with van der Waals surface area (Å²) < 4.78 is 30.8. The molecule has 1 aromatic rings. The number of carbonyl (C=O) groups excluding carboxylic acids is 1. The first-order chi connectivity index (χ1) is 9.84. The number of hydrogen-bond acceptors (Lipinski definition) is 5. The first-order valence-electron chi connectivity index (χ1n) is 6.24. The minimum absolute atomic E-state index is 0.0862. The maximum Gasteiger partial charge on any atom is 0.407 e. The second-order valence-corrected chi connectivity index (χ2v) is 7.01. The van der Waals surface area contributed by atoms with Gasteiger partial charge in [-0.15, -0.1) is 0 Å². The van der Waals surface area contributed by atoms with E-state index in [0.29, 0.717) is 18.0 Å². The Bertz CT molecular complexity index is 650. The maximum atomic E-state index is 12.5. The van der Waals surface area contributed by atoms with Crippen LogP contribution < -0.4 is 11.1 Å². The Morgan fingerprint density at radius 1 is 1.52 bits per heavy atom. The predicted octanol–water partition coefficient (Wildman–Crippen LogP) is 1.04. The summed E-state index contributed by atoms with van der Waals surface area (Å²) in [5, 5.41) is 2.90. The standard InChI is InChI=1S/C12H16ClN3O4S/c1-20-12(17)15-8-4-5-16(7-8)21(18,19)9-2-3-10(13)11(14)6-9/h2-3,6,8H,4-5,7,14H2,1H3,(H,15,17). The lowest BCUT2D eigenvalue weighted by Gasteiger charge is -2.17. The van der Waals surface area contributed by atoms with Crippen molar-refractivity contribution in [2.24, 2.45) is 0 Å². The topological polar surface area (TPSA) is 102 Å². The Morgan fingerprint density at radius 2 is 2.24 bits per heavy atom. The van der Waals surface area contributed by atoms with Crippen LogP contribution in [0.2, 0.25) is 5.02 Å². The number of nitrogens with two attached hydrogens (primary N) is 1. The minimum atomic E-state index is -3.65. The number of nitrogens with one attached hydrogen (secondary N) is 1. The molecule has 116 valence electrons. The molecule has 1 amide bonds. The number of anilines is 1. The second kappa shape index (κ2) is 6.08. The van der Waals surface area contributed by atoms with Crippen LogP contribution in [0.15, 0.2) is 23.1 Å². The fourth-order valence-electron chi connectivity index (χ4n) is 2.12. The number of amides is 1. The molecule has 1 aliphatic rings. The third kappa shape index (κ3) is 3.39. The highest BCUT2D eigenvalue weighted by Gasteiger charge is 2.33. The molecule has 1 atom stereocenters. The SMILES string of the molecule is COC(=O)NC1CCN(S(=O)(=O)c2ccc(Cl)c(N)c2)C1. The Hall–Kier alpha value is -1.51. The molecule has 0 spiro atoms. The number of rotatable bonds is 3. The van der Waals surface area contributed by atoms with Crippen LogP contribution in [0.3, 0.4) is 0 Å². The normalized spacial score (nSPS) is 19.4. The number of ether oxygens (including phenoxy) is 1. The summed E-state index contributed by atoms with van der Waals surface area (Å²) >= 11 is 5.79. The number of carbonyl (C=O) groups is 1. The largest absolute Gasteiger partial charge is 0.453 e. The van der Waals surface area contributed by atoms with Gasteiger partial charge in [0.25, 0.3) is 0 Å². The Balaban J connectivity index is 2.14. The summed E-state index contributed by atoms with van der Waals surface area (Å²) in [6.45, 7) is 0.513. The molecule has 2 rings (SSSR count). The van der Waals surface area contributed by atoms with E-state index in [4.69, 9.17) is 17.3 Å². The van der Waals surface area contributed by atoms with Crippen molar-refractivity contribution in [1.29, 1.82) is 0 Å². The molecule has 7 nitrogen and oxygen atoms in total. The Morgan fingerprint density at radius 3 is 2.86 bits per heavy atom. The van der Waals surface area contributed by atoms with Gasteiger partial charge in [-0.25, -0.2) is 13.2 Å². The fourth-order valence-corrected chi connectivity index (χ4v) is 3.77. The molecule has 21 heavy (non-hydrogen) atoms. The molecule has 0 aliphatic carbocycles. The average molecular weight is 334 g/mol. The van der Waals surface area contributed by atoms with E-state index >= 15 is 0 Å². The van der Waals surface area contributed by atoms with Gasteiger partial charge in [0.2, 0.25) is 10.0 Å². The van der Waals surface area contributed by atoms with Crippen LogP contribution in [0, 0.1) is 0 Å². The van der Waals surface area contributed by atoms with Crippen molar-refractivity contribution in [3.63, 3.8) is 0 Å². The average Bonchev–Trinajstić information content (AvgIpc) is 2.90. The fraction of sp³-hybridized carbons (Fsp3) is 0.417. The van der Waals surface area contributed by atoms with E-state index in [-0.39, 0.29) is 23.2 Å². The molecule has 1 aliphatic heterocycles. The van der Waals surface area contributed by atoms with Gasteiger partial charge in [0.1, 0.15) is 0 Å². The first kappa shape index (κ1) is 15.9. The molecule has 1 unspecified atom stereocenters. The monoisotopic (exact) mass is 333 g/mol. The summed E-state index contributed by atoms with van der Waals surface area (Å²) in [6, 6.07) is 3.93. The van der Waals surface area contributed by atoms with E-state index in [1.807, 2.05) is 0 Å². The van der Waals surface area contributed by atoms with Gasteiger partial charge in [-0.3, -0.25) is 0 Å². The minimum Gasteiger partial charge on any atom is -0.453 e. The summed E-state index contributed by atoms with van der Waals surface area (Å²) in [4.78, 5) is 11.2. The van der Waals surface area contributed by atoms with Gasteiger partial charge in [-0.05, 0) is 24.6 Å². The van der Waals surface area contributed by atoms with Crippen LogP contribution in [-0.2, 0) is 14.8 Å². The highest BCUT2D eigenvalue weighted by Crippen LogP contribution is 2.26. The molecular formula is C12H16ClN3O4S. The van der Waals surface area contributed by atoms with Crippen molar-refractivity contribution in [3.05, 3.63) is 23.2 Å². The Kier molecular flexibility index (Phi) is 4.60. The first-order valence-corrected chi connectivity index (χ1v) is 8.06. The van der Waals surface area contributed by atoms with Gasteiger partial charge in [0.15, 0.2) is 0 Å². The number of nitrogen functional groups attached to an aromatic ring is 1. The van der Waals surface area contributed by atoms with Crippen LogP contribution >= 0.6 is 11.6 Å². The molecule has 9 heteroatoms. The van der Waals surface area contributed by atoms with E-state index in [1.165, 1.54) is 29.6 Å². The molecule has 0 aromatic heterocycles. The maximum absolute atomic E-state index is 12.5. The predicted molar refractivity (Wildman–Crippen MR) is 78.6 cm³/mol. The van der Waals surface area contributed by atoms with Crippen molar-refractivity contribution >= 4 is 33.4 Å². The van der Waals surface area contributed by atoms with Gasteiger partial charge in [0, 0.05) is 19.1 Å². The van der Waals surface area contributed by atoms with E-state index in [0.717, 1.165) is 0 Å². The van der Waals surface area contributed by atoms with Crippen LogP contribution in [0.4, 0.5) is 10.5 Å². The van der Waals surface area contributed by atoms with Crippen LogP contribution in [0.25, 0.3) is 0 Å². The molecule has 3 N–H and O–H groups in total.